The van der Waals surface area contributed by atoms with E-state index in [0.29, 0.717) is 11.6 Å². The Morgan fingerprint density at radius 2 is 2.18 bits per heavy atom. The summed E-state index contributed by atoms with van der Waals surface area (Å²) in [6.07, 6.45) is 4.78. The molecule has 84 valence electrons. The molecule has 0 bridgehead atoms. The Kier molecular flexibility index (Phi) is 2.08. The molecule has 3 rings (SSSR count). The van der Waals surface area contributed by atoms with E-state index in [0.717, 1.165) is 0 Å². The van der Waals surface area contributed by atoms with Crippen molar-refractivity contribution in [1.29, 1.82) is 0 Å². The highest BCUT2D eigenvalue weighted by Gasteiger charge is 2.15. The van der Waals surface area contributed by atoms with E-state index in [1.54, 1.807) is 18.5 Å². The summed E-state index contributed by atoms with van der Waals surface area (Å²) in [4.78, 5) is 14.9. The van der Waals surface area contributed by atoms with Gasteiger partial charge in [-0.2, -0.15) is 4.98 Å². The van der Waals surface area contributed by atoms with Crippen molar-refractivity contribution in [2.45, 2.75) is 0 Å². The van der Waals surface area contributed by atoms with Gasteiger partial charge in [0.05, 0.1) is 0 Å². The van der Waals surface area contributed by atoms with Crippen LogP contribution in [0.1, 0.15) is 0 Å². The first kappa shape index (κ1) is 9.52. The third kappa shape index (κ3) is 1.63. The SMILES string of the molecule is Oc1cccnc1-c1nc(-c2ncc[nH]2)no1. The zero-order valence-corrected chi connectivity index (χ0v) is 8.53. The molecule has 0 aliphatic carbocycles. The standard InChI is InChI=1S/C10H7N5O2/c16-6-2-1-3-11-7(6)10-14-9(15-17-10)8-12-4-5-13-8/h1-5,16H,(H,12,13). The van der Waals surface area contributed by atoms with Crippen LogP contribution in [0.25, 0.3) is 23.2 Å². The van der Waals surface area contributed by atoms with Crippen LogP contribution >= 0.6 is 0 Å². The minimum Gasteiger partial charge on any atom is -0.505 e. The number of nitrogens with one attached hydrogen (secondary N) is 1. The molecular formula is C10H7N5O2. The van der Waals surface area contributed by atoms with E-state index in [1.165, 1.54) is 12.3 Å². The monoisotopic (exact) mass is 229 g/mol. The number of aromatic amines is 1. The van der Waals surface area contributed by atoms with Gasteiger partial charge in [0.2, 0.25) is 5.82 Å². The summed E-state index contributed by atoms with van der Waals surface area (Å²) < 4.78 is 5.01. The maximum absolute atomic E-state index is 9.59. The average molecular weight is 229 g/mol. The molecule has 3 heterocycles. The highest BCUT2D eigenvalue weighted by Crippen LogP contribution is 2.25. The van der Waals surface area contributed by atoms with Gasteiger partial charge >= 0.3 is 0 Å². The maximum atomic E-state index is 9.59. The van der Waals surface area contributed by atoms with Gasteiger partial charge in [0.1, 0.15) is 5.75 Å². The van der Waals surface area contributed by atoms with Crippen LogP contribution in [0, 0.1) is 0 Å². The summed E-state index contributed by atoms with van der Waals surface area (Å²) in [6.45, 7) is 0. The first-order valence-corrected chi connectivity index (χ1v) is 4.82. The normalized spacial score (nSPS) is 10.6. The van der Waals surface area contributed by atoms with Crippen molar-refractivity contribution in [3.63, 3.8) is 0 Å². The molecule has 7 heteroatoms. The molecule has 0 unspecified atom stereocenters. The molecule has 0 atom stereocenters. The number of imidazole rings is 1. The fourth-order valence-electron chi connectivity index (χ4n) is 1.37. The fourth-order valence-corrected chi connectivity index (χ4v) is 1.37. The number of pyridine rings is 1. The van der Waals surface area contributed by atoms with Crippen LogP contribution in [-0.4, -0.2) is 30.2 Å². The lowest BCUT2D eigenvalue weighted by Crippen LogP contribution is -1.85. The van der Waals surface area contributed by atoms with E-state index in [2.05, 4.69) is 25.1 Å². The van der Waals surface area contributed by atoms with Crippen LogP contribution in [0.15, 0.2) is 35.2 Å². The minimum atomic E-state index is -0.0119. The van der Waals surface area contributed by atoms with Crippen molar-refractivity contribution in [1.82, 2.24) is 25.1 Å². The quantitative estimate of drug-likeness (QED) is 0.685. The summed E-state index contributed by atoms with van der Waals surface area (Å²) in [5.74, 6) is 0.946. The van der Waals surface area contributed by atoms with Gasteiger partial charge in [0.15, 0.2) is 11.5 Å². The number of aromatic hydroxyl groups is 1. The van der Waals surface area contributed by atoms with Gasteiger partial charge in [-0.15, -0.1) is 0 Å². The molecule has 3 aromatic rings. The van der Waals surface area contributed by atoms with E-state index >= 15 is 0 Å². The minimum absolute atomic E-state index is 0.0119. The van der Waals surface area contributed by atoms with Gasteiger partial charge in [-0.25, -0.2) is 9.97 Å². The van der Waals surface area contributed by atoms with E-state index in [9.17, 15) is 5.11 Å². The van der Waals surface area contributed by atoms with Gasteiger partial charge in [-0.3, -0.25) is 0 Å². The van der Waals surface area contributed by atoms with Crippen LogP contribution in [0.5, 0.6) is 5.75 Å². The molecule has 17 heavy (non-hydrogen) atoms. The number of hydrogen-bond donors (Lipinski definition) is 2. The molecule has 0 spiro atoms. The Morgan fingerprint density at radius 1 is 1.24 bits per heavy atom. The lowest BCUT2D eigenvalue weighted by atomic mass is 10.3. The number of rotatable bonds is 2. The highest BCUT2D eigenvalue weighted by atomic mass is 16.5. The van der Waals surface area contributed by atoms with Gasteiger partial charge in [-0.1, -0.05) is 5.16 Å². The highest BCUT2D eigenvalue weighted by molar-refractivity contribution is 5.58. The summed E-state index contributed by atoms with van der Waals surface area (Å²) in [7, 11) is 0. The lowest BCUT2D eigenvalue weighted by molar-refractivity contribution is 0.423. The molecular weight excluding hydrogens is 222 g/mol. The lowest BCUT2D eigenvalue weighted by Gasteiger charge is -1.95. The zero-order valence-electron chi connectivity index (χ0n) is 8.53. The van der Waals surface area contributed by atoms with Gasteiger partial charge in [-0.05, 0) is 12.1 Å². The molecule has 0 amide bonds. The van der Waals surface area contributed by atoms with E-state index in [1.807, 2.05) is 0 Å². The molecule has 0 saturated carbocycles. The van der Waals surface area contributed by atoms with Crippen LogP contribution < -0.4 is 0 Å². The van der Waals surface area contributed by atoms with Crippen molar-refractivity contribution in [3.05, 3.63) is 30.7 Å². The van der Waals surface area contributed by atoms with Gasteiger partial charge in [0.25, 0.3) is 5.89 Å². The second-order valence-electron chi connectivity index (χ2n) is 3.23. The van der Waals surface area contributed by atoms with Crippen LogP contribution in [0.2, 0.25) is 0 Å². The molecule has 0 radical (unpaired) electrons. The number of hydrogen-bond acceptors (Lipinski definition) is 6. The second kappa shape index (κ2) is 3.71. The second-order valence-corrected chi connectivity index (χ2v) is 3.23. The average Bonchev–Trinajstić information content (AvgIpc) is 3.00. The summed E-state index contributed by atoms with van der Waals surface area (Å²) in [5.41, 5.74) is 0.248. The van der Waals surface area contributed by atoms with Gasteiger partial charge in [0, 0.05) is 18.6 Å². The summed E-state index contributed by atoms with van der Waals surface area (Å²) >= 11 is 0. The van der Waals surface area contributed by atoms with Crippen molar-refractivity contribution >= 4 is 0 Å². The Hall–Kier alpha value is -2.70. The first-order chi connectivity index (χ1) is 8.34. The van der Waals surface area contributed by atoms with E-state index < -0.39 is 0 Å². The number of nitrogens with zero attached hydrogens (tertiary/aromatic N) is 4. The third-order valence-corrected chi connectivity index (χ3v) is 2.13. The third-order valence-electron chi connectivity index (χ3n) is 2.13. The largest absolute Gasteiger partial charge is 0.505 e. The smallest absolute Gasteiger partial charge is 0.280 e. The Bertz CT molecular complexity index is 632. The van der Waals surface area contributed by atoms with E-state index in [-0.39, 0.29) is 17.3 Å². The number of H-pyrrole nitrogens is 1. The summed E-state index contributed by atoms with van der Waals surface area (Å²) in [6, 6.07) is 3.11. The first-order valence-electron chi connectivity index (χ1n) is 4.82. The topological polar surface area (TPSA) is 101 Å². The predicted octanol–water partition coefficient (Wildman–Crippen LogP) is 1.23. The predicted molar refractivity (Wildman–Crippen MR) is 56.8 cm³/mol. The molecule has 7 nitrogen and oxygen atoms in total. The number of aromatic nitrogens is 5. The molecule has 0 aliphatic heterocycles. The van der Waals surface area contributed by atoms with Crippen molar-refractivity contribution in [2.75, 3.05) is 0 Å². The van der Waals surface area contributed by atoms with Gasteiger partial charge < -0.3 is 14.6 Å². The molecule has 0 fully saturated rings. The maximum Gasteiger partial charge on any atom is 0.280 e. The summed E-state index contributed by atoms with van der Waals surface area (Å²) in [5, 5.41) is 13.3. The van der Waals surface area contributed by atoms with Crippen LogP contribution in [-0.2, 0) is 0 Å². The Morgan fingerprint density at radius 3 is 2.94 bits per heavy atom. The Labute approximate surface area is 95.2 Å². The van der Waals surface area contributed by atoms with Crippen molar-refractivity contribution in [2.24, 2.45) is 0 Å². The van der Waals surface area contributed by atoms with E-state index in [4.69, 9.17) is 4.52 Å². The van der Waals surface area contributed by atoms with Crippen molar-refractivity contribution in [3.8, 4) is 29.0 Å². The molecule has 0 aromatic carbocycles. The zero-order chi connectivity index (χ0) is 11.7. The molecule has 0 aliphatic rings. The molecule has 0 saturated heterocycles. The molecule has 2 N–H and O–H groups in total. The van der Waals surface area contributed by atoms with Crippen molar-refractivity contribution < 1.29 is 9.63 Å². The van der Waals surface area contributed by atoms with Crippen LogP contribution in [0.3, 0.4) is 0 Å². The van der Waals surface area contributed by atoms with Crippen LogP contribution in [0.4, 0.5) is 0 Å². The Balaban J connectivity index is 2.04. The molecule has 3 aromatic heterocycles. The fraction of sp³-hybridized carbons (Fsp3) is 0.